The number of hydrogen-bond donors (Lipinski definition) is 1. The molecule has 2 aliphatic rings. The van der Waals surface area contributed by atoms with Gasteiger partial charge in [-0.25, -0.2) is 0 Å². The molecular formula is C15H21NO2. The third-order valence-corrected chi connectivity index (χ3v) is 4.15. The number of ether oxygens (including phenoxy) is 2. The molecule has 1 heterocycles. The van der Waals surface area contributed by atoms with Gasteiger partial charge in [-0.2, -0.15) is 0 Å². The molecule has 3 nitrogen and oxygen atoms in total. The molecule has 1 aliphatic heterocycles. The summed E-state index contributed by atoms with van der Waals surface area (Å²) in [4.78, 5) is 0. The monoisotopic (exact) mass is 247 g/mol. The lowest BCUT2D eigenvalue weighted by molar-refractivity contribution is 0.170. The Kier molecular flexibility index (Phi) is 2.94. The van der Waals surface area contributed by atoms with Crippen molar-refractivity contribution in [3.8, 4) is 11.5 Å². The van der Waals surface area contributed by atoms with Gasteiger partial charge in [0, 0.05) is 5.54 Å². The maximum atomic E-state index is 6.61. The van der Waals surface area contributed by atoms with Crippen LogP contribution < -0.4 is 15.2 Å². The van der Waals surface area contributed by atoms with E-state index >= 15 is 0 Å². The summed E-state index contributed by atoms with van der Waals surface area (Å²) < 4.78 is 11.2. The molecule has 2 N–H and O–H groups in total. The van der Waals surface area contributed by atoms with Gasteiger partial charge in [0.15, 0.2) is 11.5 Å². The van der Waals surface area contributed by atoms with Gasteiger partial charge in [0.2, 0.25) is 0 Å². The summed E-state index contributed by atoms with van der Waals surface area (Å²) in [6, 6.07) is 6.18. The van der Waals surface area contributed by atoms with Crippen LogP contribution in [0.5, 0.6) is 11.5 Å². The lowest BCUT2D eigenvalue weighted by Crippen LogP contribution is -2.41. The molecule has 0 radical (unpaired) electrons. The van der Waals surface area contributed by atoms with E-state index in [1.54, 1.807) is 0 Å². The average Bonchev–Trinajstić information content (AvgIpc) is 2.38. The van der Waals surface area contributed by atoms with Gasteiger partial charge in [-0.05, 0) is 36.5 Å². The van der Waals surface area contributed by atoms with Crippen molar-refractivity contribution in [2.45, 2.75) is 38.1 Å². The van der Waals surface area contributed by atoms with Gasteiger partial charge in [0.25, 0.3) is 0 Å². The molecule has 1 aromatic carbocycles. The normalized spacial score (nSPS) is 31.1. The fraction of sp³-hybridized carbons (Fsp3) is 0.600. The van der Waals surface area contributed by atoms with Crippen LogP contribution in [0.4, 0.5) is 0 Å². The first kappa shape index (κ1) is 11.8. The minimum Gasteiger partial charge on any atom is -0.486 e. The first-order chi connectivity index (χ1) is 8.67. The third-order valence-electron chi connectivity index (χ3n) is 4.15. The fourth-order valence-electron chi connectivity index (χ4n) is 3.21. The standard InChI is InChI=1S/C15H21NO2/c1-11-3-2-6-15(16,10-11)12-4-5-13-14(9-12)18-8-7-17-13/h4-5,9,11H,2-3,6-8,10,16H2,1H3. The summed E-state index contributed by atoms with van der Waals surface area (Å²) in [5, 5.41) is 0. The number of fused-ring (bicyclic) bond motifs is 1. The van der Waals surface area contributed by atoms with Crippen molar-refractivity contribution in [1.29, 1.82) is 0 Å². The predicted octanol–water partition coefficient (Wildman–Crippen LogP) is 2.82. The van der Waals surface area contributed by atoms with Gasteiger partial charge in [-0.15, -0.1) is 0 Å². The summed E-state index contributed by atoms with van der Waals surface area (Å²) in [5.41, 5.74) is 7.61. The van der Waals surface area contributed by atoms with E-state index in [-0.39, 0.29) is 5.54 Å². The third kappa shape index (κ3) is 2.07. The molecule has 0 bridgehead atoms. The quantitative estimate of drug-likeness (QED) is 0.830. The van der Waals surface area contributed by atoms with Gasteiger partial charge in [-0.3, -0.25) is 0 Å². The van der Waals surface area contributed by atoms with E-state index in [9.17, 15) is 0 Å². The Morgan fingerprint density at radius 3 is 2.78 bits per heavy atom. The molecule has 1 aromatic rings. The molecule has 2 atom stereocenters. The SMILES string of the molecule is CC1CCCC(N)(c2ccc3c(c2)OCCO3)C1. The molecule has 3 rings (SSSR count). The lowest BCUT2D eigenvalue weighted by Gasteiger charge is -2.37. The lowest BCUT2D eigenvalue weighted by atomic mass is 9.73. The Balaban J connectivity index is 1.91. The average molecular weight is 247 g/mol. The molecular weight excluding hydrogens is 226 g/mol. The number of rotatable bonds is 1. The topological polar surface area (TPSA) is 44.5 Å². The molecule has 98 valence electrons. The second-order valence-electron chi connectivity index (χ2n) is 5.72. The molecule has 0 spiro atoms. The number of benzene rings is 1. The summed E-state index contributed by atoms with van der Waals surface area (Å²) in [5.74, 6) is 2.40. The van der Waals surface area contributed by atoms with E-state index in [0.717, 1.165) is 24.3 Å². The van der Waals surface area contributed by atoms with E-state index in [1.165, 1.54) is 18.4 Å². The van der Waals surface area contributed by atoms with Crippen molar-refractivity contribution >= 4 is 0 Å². The number of nitrogens with two attached hydrogens (primary N) is 1. The Bertz CT molecular complexity index is 446. The van der Waals surface area contributed by atoms with Crippen LogP contribution >= 0.6 is 0 Å². The van der Waals surface area contributed by atoms with Crippen LogP contribution in [0.15, 0.2) is 18.2 Å². The van der Waals surface area contributed by atoms with Crippen molar-refractivity contribution in [1.82, 2.24) is 0 Å². The largest absolute Gasteiger partial charge is 0.486 e. The highest BCUT2D eigenvalue weighted by atomic mass is 16.6. The summed E-state index contributed by atoms with van der Waals surface area (Å²) in [7, 11) is 0. The van der Waals surface area contributed by atoms with Crippen LogP contribution in [0.1, 0.15) is 38.2 Å². The Morgan fingerprint density at radius 2 is 2.00 bits per heavy atom. The van der Waals surface area contributed by atoms with Gasteiger partial charge in [-0.1, -0.05) is 25.8 Å². The highest BCUT2D eigenvalue weighted by Crippen LogP contribution is 2.41. The van der Waals surface area contributed by atoms with E-state index in [4.69, 9.17) is 15.2 Å². The first-order valence-corrected chi connectivity index (χ1v) is 6.86. The fourth-order valence-corrected chi connectivity index (χ4v) is 3.21. The van der Waals surface area contributed by atoms with Crippen molar-refractivity contribution in [2.24, 2.45) is 11.7 Å². The second-order valence-corrected chi connectivity index (χ2v) is 5.72. The Hall–Kier alpha value is -1.22. The maximum absolute atomic E-state index is 6.61. The first-order valence-electron chi connectivity index (χ1n) is 6.86. The van der Waals surface area contributed by atoms with Crippen molar-refractivity contribution in [3.05, 3.63) is 23.8 Å². The molecule has 3 heteroatoms. The summed E-state index contributed by atoms with van der Waals surface area (Å²) in [6.45, 7) is 3.56. The highest BCUT2D eigenvalue weighted by molar-refractivity contribution is 5.45. The van der Waals surface area contributed by atoms with E-state index in [2.05, 4.69) is 19.1 Å². The molecule has 2 unspecified atom stereocenters. The molecule has 1 aliphatic carbocycles. The highest BCUT2D eigenvalue weighted by Gasteiger charge is 2.33. The van der Waals surface area contributed by atoms with Crippen molar-refractivity contribution in [2.75, 3.05) is 13.2 Å². The zero-order chi connectivity index (χ0) is 12.6. The van der Waals surface area contributed by atoms with Gasteiger partial charge >= 0.3 is 0 Å². The Labute approximate surface area is 108 Å². The van der Waals surface area contributed by atoms with E-state index in [1.807, 2.05) is 6.07 Å². The summed E-state index contributed by atoms with van der Waals surface area (Å²) >= 11 is 0. The van der Waals surface area contributed by atoms with Crippen LogP contribution in [-0.2, 0) is 5.54 Å². The Morgan fingerprint density at radius 1 is 1.22 bits per heavy atom. The minimum atomic E-state index is -0.187. The maximum Gasteiger partial charge on any atom is 0.161 e. The molecule has 0 saturated heterocycles. The van der Waals surface area contributed by atoms with Gasteiger partial charge in [0.1, 0.15) is 13.2 Å². The van der Waals surface area contributed by atoms with Crippen LogP contribution in [0, 0.1) is 5.92 Å². The van der Waals surface area contributed by atoms with E-state index < -0.39 is 0 Å². The minimum absolute atomic E-state index is 0.187. The predicted molar refractivity (Wildman–Crippen MR) is 70.9 cm³/mol. The zero-order valence-electron chi connectivity index (χ0n) is 10.9. The van der Waals surface area contributed by atoms with Crippen LogP contribution in [0.2, 0.25) is 0 Å². The van der Waals surface area contributed by atoms with E-state index in [0.29, 0.717) is 19.1 Å². The van der Waals surface area contributed by atoms with Crippen molar-refractivity contribution in [3.63, 3.8) is 0 Å². The zero-order valence-corrected chi connectivity index (χ0v) is 10.9. The number of hydrogen-bond acceptors (Lipinski definition) is 3. The molecule has 0 aromatic heterocycles. The van der Waals surface area contributed by atoms with Crippen molar-refractivity contribution < 1.29 is 9.47 Å². The van der Waals surface area contributed by atoms with Gasteiger partial charge < -0.3 is 15.2 Å². The molecule has 1 saturated carbocycles. The molecule has 0 amide bonds. The molecule has 1 fully saturated rings. The van der Waals surface area contributed by atoms with Crippen LogP contribution in [0.3, 0.4) is 0 Å². The van der Waals surface area contributed by atoms with Gasteiger partial charge in [0.05, 0.1) is 0 Å². The second kappa shape index (κ2) is 4.47. The summed E-state index contributed by atoms with van der Waals surface area (Å²) in [6.07, 6.45) is 4.64. The molecule has 18 heavy (non-hydrogen) atoms. The smallest absolute Gasteiger partial charge is 0.161 e. The van der Waals surface area contributed by atoms with Crippen LogP contribution in [0.25, 0.3) is 0 Å². The van der Waals surface area contributed by atoms with Crippen LogP contribution in [-0.4, -0.2) is 13.2 Å².